The first-order valence-corrected chi connectivity index (χ1v) is 5.94. The van der Waals surface area contributed by atoms with E-state index in [0.717, 1.165) is 6.54 Å². The summed E-state index contributed by atoms with van der Waals surface area (Å²) in [6, 6.07) is 0. The minimum atomic E-state index is -0.0610. The fourth-order valence-corrected chi connectivity index (χ4v) is 1.27. The van der Waals surface area contributed by atoms with Gasteiger partial charge in [-0.15, -0.1) is 0 Å². The normalized spacial score (nSPS) is 15.8. The van der Waals surface area contributed by atoms with E-state index in [1.165, 1.54) is 0 Å². The van der Waals surface area contributed by atoms with Crippen molar-refractivity contribution in [2.45, 2.75) is 72.6 Å². The highest BCUT2D eigenvalue weighted by Gasteiger charge is 2.23. The Morgan fingerprint density at radius 1 is 1.00 bits per heavy atom. The molecule has 0 rings (SSSR count). The topological polar surface area (TPSA) is 21.3 Å². The predicted molar refractivity (Wildman–Crippen MR) is 67.2 cm³/mol. The van der Waals surface area contributed by atoms with Gasteiger partial charge in [-0.25, -0.2) is 0 Å². The first kappa shape index (κ1) is 14.9. The van der Waals surface area contributed by atoms with E-state index in [9.17, 15) is 0 Å². The zero-order valence-electron chi connectivity index (χ0n) is 11.8. The van der Waals surface area contributed by atoms with Gasteiger partial charge in [-0.3, -0.25) is 0 Å². The molecule has 0 aromatic rings. The molecule has 0 saturated carbocycles. The molecule has 0 radical (unpaired) electrons. The maximum absolute atomic E-state index is 6.03. The van der Waals surface area contributed by atoms with Crippen LogP contribution >= 0.6 is 0 Å². The molecule has 0 aliphatic heterocycles. The quantitative estimate of drug-likeness (QED) is 0.777. The second-order valence-electron chi connectivity index (χ2n) is 6.64. The minimum absolute atomic E-state index is 0.0610. The van der Waals surface area contributed by atoms with E-state index in [1.54, 1.807) is 0 Å². The molecule has 0 fully saturated rings. The Morgan fingerprint density at radius 2 is 1.47 bits per heavy atom. The molecule has 0 bridgehead atoms. The van der Waals surface area contributed by atoms with Gasteiger partial charge in [0, 0.05) is 12.1 Å². The number of hydrogen-bond donors (Lipinski definition) is 1. The summed E-state index contributed by atoms with van der Waals surface area (Å²) in [5.41, 5.74) is 0.100. The average Bonchev–Trinajstić information content (AvgIpc) is 1.93. The molecule has 2 heteroatoms. The highest BCUT2D eigenvalue weighted by atomic mass is 16.5. The van der Waals surface area contributed by atoms with Crippen molar-refractivity contribution < 1.29 is 4.74 Å². The molecule has 15 heavy (non-hydrogen) atoms. The summed E-state index contributed by atoms with van der Waals surface area (Å²) >= 11 is 0. The second-order valence-corrected chi connectivity index (χ2v) is 6.64. The molecule has 0 amide bonds. The van der Waals surface area contributed by atoms with E-state index < -0.39 is 0 Å². The summed E-state index contributed by atoms with van der Waals surface area (Å²) in [5.74, 6) is 0.541. The molecule has 0 aromatic carbocycles. The average molecular weight is 215 g/mol. The van der Waals surface area contributed by atoms with Crippen molar-refractivity contribution in [2.75, 3.05) is 6.54 Å². The van der Waals surface area contributed by atoms with Gasteiger partial charge in [-0.05, 0) is 47.5 Å². The molecule has 1 atom stereocenters. The first-order chi connectivity index (χ1) is 6.51. The lowest BCUT2D eigenvalue weighted by Gasteiger charge is -2.33. The molecular formula is C13H29NO. The van der Waals surface area contributed by atoms with Crippen LogP contribution in [-0.4, -0.2) is 23.8 Å². The van der Waals surface area contributed by atoms with Crippen LogP contribution in [0.2, 0.25) is 0 Å². The molecule has 0 spiro atoms. The van der Waals surface area contributed by atoms with Gasteiger partial charge in [0.2, 0.25) is 0 Å². The number of hydrogen-bond acceptors (Lipinski definition) is 2. The van der Waals surface area contributed by atoms with Gasteiger partial charge >= 0.3 is 0 Å². The second kappa shape index (κ2) is 5.31. The molecule has 92 valence electrons. The predicted octanol–water partition coefficient (Wildman–Crippen LogP) is 3.21. The number of rotatable bonds is 4. The third-order valence-corrected chi connectivity index (χ3v) is 2.08. The summed E-state index contributed by atoms with van der Waals surface area (Å²) < 4.78 is 6.03. The van der Waals surface area contributed by atoms with E-state index >= 15 is 0 Å². The highest BCUT2D eigenvalue weighted by molar-refractivity contribution is 4.77. The van der Waals surface area contributed by atoms with Gasteiger partial charge < -0.3 is 10.1 Å². The van der Waals surface area contributed by atoms with Crippen LogP contribution in [0.15, 0.2) is 0 Å². The zero-order chi connectivity index (χ0) is 12.3. The number of nitrogens with one attached hydrogen (secondary N) is 1. The SMILES string of the molecule is CC(C)C(CNC(C)(C)C)OC(C)(C)C. The Bertz CT molecular complexity index is 174. The highest BCUT2D eigenvalue weighted by Crippen LogP contribution is 2.16. The third kappa shape index (κ3) is 8.88. The Balaban J connectivity index is 4.18. The summed E-state index contributed by atoms with van der Waals surface area (Å²) in [6.07, 6.45) is 0.282. The maximum Gasteiger partial charge on any atom is 0.0729 e. The standard InChI is InChI=1S/C13H29NO/c1-10(2)11(15-13(6,7)8)9-14-12(3,4)5/h10-11,14H,9H2,1-8H3. The largest absolute Gasteiger partial charge is 0.371 e. The van der Waals surface area contributed by atoms with E-state index in [4.69, 9.17) is 4.74 Å². The van der Waals surface area contributed by atoms with Crippen LogP contribution in [0.4, 0.5) is 0 Å². The van der Waals surface area contributed by atoms with Crippen molar-refractivity contribution in [1.82, 2.24) is 5.32 Å². The molecule has 0 aliphatic rings. The third-order valence-electron chi connectivity index (χ3n) is 2.08. The van der Waals surface area contributed by atoms with Crippen molar-refractivity contribution in [1.29, 1.82) is 0 Å². The van der Waals surface area contributed by atoms with Crippen LogP contribution in [0.1, 0.15) is 55.4 Å². The summed E-state index contributed by atoms with van der Waals surface area (Å²) in [6.45, 7) is 18.2. The van der Waals surface area contributed by atoms with Gasteiger partial charge in [0.25, 0.3) is 0 Å². The van der Waals surface area contributed by atoms with Gasteiger partial charge in [-0.2, -0.15) is 0 Å². The zero-order valence-corrected chi connectivity index (χ0v) is 11.8. The van der Waals surface area contributed by atoms with Crippen molar-refractivity contribution in [2.24, 2.45) is 5.92 Å². The molecular weight excluding hydrogens is 186 g/mol. The van der Waals surface area contributed by atoms with Gasteiger partial charge in [0.15, 0.2) is 0 Å². The van der Waals surface area contributed by atoms with Crippen LogP contribution in [0, 0.1) is 5.92 Å². The monoisotopic (exact) mass is 215 g/mol. The van der Waals surface area contributed by atoms with Gasteiger partial charge in [0.05, 0.1) is 11.7 Å². The Hall–Kier alpha value is -0.0800. The Labute approximate surface area is 95.8 Å². The molecule has 0 aliphatic carbocycles. The molecule has 0 saturated heterocycles. The molecule has 1 unspecified atom stereocenters. The van der Waals surface area contributed by atoms with Crippen LogP contribution in [0.5, 0.6) is 0 Å². The molecule has 0 aromatic heterocycles. The summed E-state index contributed by atoms with van der Waals surface area (Å²) in [4.78, 5) is 0. The lowest BCUT2D eigenvalue weighted by Crippen LogP contribution is -2.45. The fourth-order valence-electron chi connectivity index (χ4n) is 1.27. The summed E-state index contributed by atoms with van der Waals surface area (Å²) in [5, 5.41) is 3.50. The van der Waals surface area contributed by atoms with E-state index in [0.29, 0.717) is 5.92 Å². The molecule has 2 nitrogen and oxygen atoms in total. The van der Waals surface area contributed by atoms with Gasteiger partial charge in [0.1, 0.15) is 0 Å². The van der Waals surface area contributed by atoms with Crippen LogP contribution in [-0.2, 0) is 4.74 Å². The number of ether oxygens (including phenoxy) is 1. The van der Waals surface area contributed by atoms with Crippen molar-refractivity contribution in [3.63, 3.8) is 0 Å². The van der Waals surface area contributed by atoms with Crippen molar-refractivity contribution in [3.05, 3.63) is 0 Å². The van der Waals surface area contributed by atoms with Crippen molar-refractivity contribution >= 4 is 0 Å². The molecule has 0 heterocycles. The Kier molecular flexibility index (Phi) is 5.28. The minimum Gasteiger partial charge on any atom is -0.371 e. The van der Waals surface area contributed by atoms with E-state index in [1.807, 2.05) is 0 Å². The van der Waals surface area contributed by atoms with Crippen molar-refractivity contribution in [3.8, 4) is 0 Å². The molecule has 1 N–H and O–H groups in total. The Morgan fingerprint density at radius 3 is 1.73 bits per heavy atom. The van der Waals surface area contributed by atoms with Crippen LogP contribution in [0.3, 0.4) is 0 Å². The lowest BCUT2D eigenvalue weighted by atomic mass is 10.0. The fraction of sp³-hybridized carbons (Fsp3) is 1.00. The summed E-state index contributed by atoms with van der Waals surface area (Å²) in [7, 11) is 0. The van der Waals surface area contributed by atoms with Crippen LogP contribution < -0.4 is 5.32 Å². The van der Waals surface area contributed by atoms with Crippen LogP contribution in [0.25, 0.3) is 0 Å². The lowest BCUT2D eigenvalue weighted by molar-refractivity contribution is -0.0792. The van der Waals surface area contributed by atoms with E-state index in [-0.39, 0.29) is 17.2 Å². The smallest absolute Gasteiger partial charge is 0.0729 e. The maximum atomic E-state index is 6.03. The van der Waals surface area contributed by atoms with E-state index in [2.05, 4.69) is 60.7 Å². The first-order valence-electron chi connectivity index (χ1n) is 5.94. The van der Waals surface area contributed by atoms with Gasteiger partial charge in [-0.1, -0.05) is 13.8 Å².